The fourth-order valence-electron chi connectivity index (χ4n) is 3.55. The molecule has 1 unspecified atom stereocenters. The van der Waals surface area contributed by atoms with Crippen LogP contribution in [-0.2, 0) is 10.2 Å². The van der Waals surface area contributed by atoms with Crippen LogP contribution in [0.3, 0.4) is 0 Å². The molecule has 1 spiro atoms. The Morgan fingerprint density at radius 2 is 2.31 bits per heavy atom. The highest BCUT2D eigenvalue weighted by Crippen LogP contribution is 2.52. The van der Waals surface area contributed by atoms with Crippen LogP contribution in [0.2, 0.25) is 0 Å². The van der Waals surface area contributed by atoms with E-state index in [1.54, 1.807) is 11.0 Å². The number of aliphatic imine (C=N–C) groups is 1. The molecule has 1 fully saturated rings. The minimum atomic E-state index is -0.723. The second-order valence-corrected chi connectivity index (χ2v) is 6.89. The van der Waals surface area contributed by atoms with E-state index in [9.17, 15) is 14.0 Å². The van der Waals surface area contributed by atoms with E-state index in [4.69, 9.17) is 0 Å². The summed E-state index contributed by atoms with van der Waals surface area (Å²) < 4.78 is 12.9. The van der Waals surface area contributed by atoms with Crippen LogP contribution >= 0.6 is 0 Å². The molecule has 0 bridgehead atoms. The lowest BCUT2D eigenvalue weighted by Gasteiger charge is -2.34. The van der Waals surface area contributed by atoms with E-state index in [1.807, 2.05) is 18.2 Å². The maximum absolute atomic E-state index is 12.9. The highest BCUT2D eigenvalue weighted by atomic mass is 19.1. The third-order valence-electron chi connectivity index (χ3n) is 5.07. The summed E-state index contributed by atoms with van der Waals surface area (Å²) in [6.07, 6.45) is 5.24. The van der Waals surface area contributed by atoms with Gasteiger partial charge < -0.3 is 15.5 Å². The van der Waals surface area contributed by atoms with Gasteiger partial charge in [0.25, 0.3) is 5.91 Å². The van der Waals surface area contributed by atoms with Crippen LogP contribution in [0.25, 0.3) is 6.08 Å². The second kappa shape index (κ2) is 6.09. The molecule has 134 valence electrons. The minimum Gasteiger partial charge on any atom is -0.350 e. The minimum absolute atomic E-state index is 0.0460. The van der Waals surface area contributed by atoms with Crippen molar-refractivity contribution in [2.75, 3.05) is 13.1 Å². The summed E-state index contributed by atoms with van der Waals surface area (Å²) in [4.78, 5) is 30.5. The first kappa shape index (κ1) is 16.5. The van der Waals surface area contributed by atoms with Gasteiger partial charge >= 0.3 is 0 Å². The lowest BCUT2D eigenvalue weighted by Crippen LogP contribution is -2.51. The highest BCUT2D eigenvalue weighted by Gasteiger charge is 2.51. The molecule has 26 heavy (non-hydrogen) atoms. The van der Waals surface area contributed by atoms with E-state index in [2.05, 4.69) is 22.2 Å². The van der Waals surface area contributed by atoms with Gasteiger partial charge in [0.2, 0.25) is 5.91 Å². The van der Waals surface area contributed by atoms with Crippen molar-refractivity contribution in [3.63, 3.8) is 0 Å². The lowest BCUT2D eigenvalue weighted by molar-refractivity contribution is -0.122. The Balaban J connectivity index is 1.48. The molecule has 1 aromatic rings. The Morgan fingerprint density at radius 1 is 1.50 bits per heavy atom. The molecule has 1 aliphatic carbocycles. The molecule has 0 saturated heterocycles. The largest absolute Gasteiger partial charge is 0.350 e. The van der Waals surface area contributed by atoms with Crippen molar-refractivity contribution in [1.82, 2.24) is 15.5 Å². The Hall–Kier alpha value is -2.96. The maximum Gasteiger partial charge on any atom is 0.254 e. The standard InChI is InChI=1S/C19H19FN4O2/c1-2-12-3-4-14-15(7-12)19(5-6-19)11-24(17(14)26)10-16(25)23-18-21-8-13(20)9-22-18/h2-4,7-9,18,21H,1,5-6,10-11H2,(H,23,25). The molecule has 2 aliphatic heterocycles. The molecule has 2 heterocycles. The van der Waals surface area contributed by atoms with Crippen molar-refractivity contribution >= 4 is 24.1 Å². The smallest absolute Gasteiger partial charge is 0.254 e. The van der Waals surface area contributed by atoms with Crippen LogP contribution in [0, 0.1) is 0 Å². The lowest BCUT2D eigenvalue weighted by atomic mass is 9.85. The predicted molar refractivity (Wildman–Crippen MR) is 96.1 cm³/mol. The summed E-state index contributed by atoms with van der Waals surface area (Å²) in [5.41, 5.74) is 2.67. The first-order chi connectivity index (χ1) is 12.5. The number of amides is 2. The van der Waals surface area contributed by atoms with Crippen molar-refractivity contribution in [3.05, 3.63) is 53.5 Å². The fourth-order valence-corrected chi connectivity index (χ4v) is 3.55. The topological polar surface area (TPSA) is 73.8 Å². The SMILES string of the molecule is C=Cc1ccc2c(c1)C1(CC1)CN(CC(=O)NC1N=CC(F)=CN1)C2=O. The summed E-state index contributed by atoms with van der Waals surface area (Å²) >= 11 is 0. The fraction of sp³-hybridized carbons (Fsp3) is 0.316. The molecule has 6 nitrogen and oxygen atoms in total. The summed E-state index contributed by atoms with van der Waals surface area (Å²) in [6, 6.07) is 5.72. The van der Waals surface area contributed by atoms with Crippen molar-refractivity contribution in [2.45, 2.75) is 24.5 Å². The van der Waals surface area contributed by atoms with Crippen LogP contribution in [0.15, 0.2) is 41.8 Å². The van der Waals surface area contributed by atoms with Gasteiger partial charge in [0.1, 0.15) is 0 Å². The number of nitrogens with one attached hydrogen (secondary N) is 2. The van der Waals surface area contributed by atoms with Gasteiger partial charge in [-0.05, 0) is 30.0 Å². The maximum atomic E-state index is 12.9. The number of nitrogens with zero attached hydrogens (tertiary/aromatic N) is 2. The van der Waals surface area contributed by atoms with E-state index >= 15 is 0 Å². The molecule has 0 aromatic heterocycles. The number of benzene rings is 1. The Kier molecular flexibility index (Phi) is 3.86. The van der Waals surface area contributed by atoms with Gasteiger partial charge in [-0.2, -0.15) is 0 Å². The summed E-state index contributed by atoms with van der Waals surface area (Å²) in [6.45, 7) is 4.27. The normalized spacial score (nSPS) is 22.3. The van der Waals surface area contributed by atoms with Crippen molar-refractivity contribution in [2.24, 2.45) is 4.99 Å². The third kappa shape index (κ3) is 2.89. The number of hydrogen-bond acceptors (Lipinski definition) is 4. The number of rotatable bonds is 4. The zero-order chi connectivity index (χ0) is 18.3. The molecule has 1 saturated carbocycles. The van der Waals surface area contributed by atoms with Crippen molar-refractivity contribution < 1.29 is 14.0 Å². The molecule has 1 atom stereocenters. The first-order valence-electron chi connectivity index (χ1n) is 8.51. The number of fused-ring (bicyclic) bond motifs is 2. The summed E-state index contributed by atoms with van der Waals surface area (Å²) in [7, 11) is 0. The van der Waals surface area contributed by atoms with E-state index < -0.39 is 12.1 Å². The van der Waals surface area contributed by atoms with Gasteiger partial charge in [-0.25, -0.2) is 9.38 Å². The van der Waals surface area contributed by atoms with E-state index in [0.29, 0.717) is 12.1 Å². The third-order valence-corrected chi connectivity index (χ3v) is 5.07. The number of hydrogen-bond donors (Lipinski definition) is 2. The molecule has 1 aromatic carbocycles. The van der Waals surface area contributed by atoms with Gasteiger partial charge in [-0.15, -0.1) is 0 Å². The summed E-state index contributed by atoms with van der Waals surface area (Å²) in [5, 5.41) is 5.26. The van der Waals surface area contributed by atoms with Gasteiger partial charge in [-0.3, -0.25) is 9.59 Å². The van der Waals surface area contributed by atoms with Gasteiger partial charge in [0.15, 0.2) is 12.1 Å². The zero-order valence-corrected chi connectivity index (χ0v) is 14.2. The Morgan fingerprint density at radius 3 is 2.96 bits per heavy atom. The Bertz CT molecular complexity index is 857. The number of halogens is 1. The van der Waals surface area contributed by atoms with E-state index in [1.165, 1.54) is 0 Å². The second-order valence-electron chi connectivity index (χ2n) is 6.89. The van der Waals surface area contributed by atoms with Gasteiger partial charge in [-0.1, -0.05) is 24.8 Å². The molecule has 2 amide bonds. The number of carbonyl (C=O) groups excluding carboxylic acids is 2. The molecule has 0 radical (unpaired) electrons. The van der Waals surface area contributed by atoms with Gasteiger partial charge in [0.05, 0.1) is 12.8 Å². The van der Waals surface area contributed by atoms with Crippen LogP contribution in [0.5, 0.6) is 0 Å². The number of carbonyl (C=O) groups is 2. The summed E-state index contributed by atoms with van der Waals surface area (Å²) in [5.74, 6) is -0.993. The molecular weight excluding hydrogens is 335 g/mol. The predicted octanol–water partition coefficient (Wildman–Crippen LogP) is 1.70. The molecular formula is C19H19FN4O2. The first-order valence-corrected chi connectivity index (χ1v) is 8.51. The quantitative estimate of drug-likeness (QED) is 0.864. The van der Waals surface area contributed by atoms with Crippen LogP contribution < -0.4 is 10.6 Å². The zero-order valence-electron chi connectivity index (χ0n) is 14.2. The molecule has 4 rings (SSSR count). The number of allylic oxidation sites excluding steroid dienone is 1. The Labute approximate surface area is 150 Å². The van der Waals surface area contributed by atoms with E-state index in [-0.39, 0.29) is 23.8 Å². The molecule has 7 heteroatoms. The van der Waals surface area contributed by atoms with Crippen LogP contribution in [-0.4, -0.2) is 42.3 Å². The van der Waals surface area contributed by atoms with E-state index in [0.717, 1.165) is 36.4 Å². The average Bonchev–Trinajstić information content (AvgIpc) is 3.41. The molecule has 3 aliphatic rings. The molecule has 2 N–H and O–H groups in total. The van der Waals surface area contributed by atoms with Crippen LogP contribution in [0.1, 0.15) is 34.3 Å². The average molecular weight is 354 g/mol. The monoisotopic (exact) mass is 354 g/mol. The van der Waals surface area contributed by atoms with Crippen LogP contribution in [0.4, 0.5) is 4.39 Å². The van der Waals surface area contributed by atoms with Crippen molar-refractivity contribution in [3.8, 4) is 0 Å². The van der Waals surface area contributed by atoms with Crippen molar-refractivity contribution in [1.29, 1.82) is 0 Å². The van der Waals surface area contributed by atoms with Gasteiger partial charge in [0, 0.05) is 23.7 Å². The highest BCUT2D eigenvalue weighted by molar-refractivity contribution is 6.00.